The van der Waals surface area contributed by atoms with E-state index < -0.39 is 0 Å². The fraction of sp³-hybridized carbons (Fsp3) is 0.462. The Labute approximate surface area is 98.2 Å². The molecule has 0 amide bonds. The third kappa shape index (κ3) is 3.66. The quantitative estimate of drug-likeness (QED) is 0.563. The Morgan fingerprint density at radius 1 is 1.56 bits per heavy atom. The summed E-state index contributed by atoms with van der Waals surface area (Å²) in [5, 5.41) is 3.41. The Hall–Kier alpha value is -1.35. The summed E-state index contributed by atoms with van der Waals surface area (Å²) in [6.45, 7) is 8.71. The van der Waals surface area contributed by atoms with Crippen LogP contribution in [0.2, 0.25) is 0 Å². The van der Waals surface area contributed by atoms with Crippen molar-refractivity contribution in [2.45, 2.75) is 19.9 Å². The Morgan fingerprint density at radius 2 is 2.38 bits per heavy atom. The number of likely N-dealkylation sites (N-methyl/N-ethyl adjacent to an activating group) is 1. The van der Waals surface area contributed by atoms with E-state index in [1.54, 1.807) is 0 Å². The van der Waals surface area contributed by atoms with Crippen LogP contribution in [0.5, 0.6) is 0 Å². The highest BCUT2D eigenvalue weighted by molar-refractivity contribution is 5.51. The van der Waals surface area contributed by atoms with E-state index in [0.29, 0.717) is 0 Å². The largest absolute Gasteiger partial charge is 0.369 e. The lowest BCUT2D eigenvalue weighted by molar-refractivity contribution is 0.674. The maximum absolute atomic E-state index is 4.17. The zero-order chi connectivity index (χ0) is 11.8. The lowest BCUT2D eigenvalue weighted by Crippen LogP contribution is -2.21. The van der Waals surface area contributed by atoms with Crippen LogP contribution in [0, 0.1) is 0 Å². The molecule has 0 spiro atoms. The summed E-state index contributed by atoms with van der Waals surface area (Å²) in [6, 6.07) is 2.07. The molecule has 0 bridgehead atoms. The van der Waals surface area contributed by atoms with Gasteiger partial charge in [-0.05, 0) is 24.6 Å². The van der Waals surface area contributed by atoms with Gasteiger partial charge in [-0.15, -0.1) is 6.58 Å². The minimum absolute atomic E-state index is 0.840. The maximum Gasteiger partial charge on any atom is 0.0598 e. The number of aromatic nitrogens is 1. The molecule has 1 heterocycles. The van der Waals surface area contributed by atoms with Gasteiger partial charge in [0.1, 0.15) is 0 Å². The number of pyridine rings is 1. The van der Waals surface area contributed by atoms with Gasteiger partial charge in [-0.2, -0.15) is 0 Å². The molecule has 0 aliphatic heterocycles. The van der Waals surface area contributed by atoms with Crippen molar-refractivity contribution < 1.29 is 0 Å². The summed E-state index contributed by atoms with van der Waals surface area (Å²) in [5.74, 6) is 0. The van der Waals surface area contributed by atoms with E-state index in [0.717, 1.165) is 26.1 Å². The zero-order valence-corrected chi connectivity index (χ0v) is 10.2. The summed E-state index contributed by atoms with van der Waals surface area (Å²) in [4.78, 5) is 6.33. The molecule has 0 aliphatic rings. The molecule has 0 saturated carbocycles. The molecule has 1 aromatic heterocycles. The molecular formula is C13H21N3. The van der Waals surface area contributed by atoms with Crippen LogP contribution in [0.1, 0.15) is 18.9 Å². The van der Waals surface area contributed by atoms with Gasteiger partial charge in [-0.25, -0.2) is 0 Å². The minimum Gasteiger partial charge on any atom is -0.369 e. The SMILES string of the molecule is C=CCN(C)c1cnccc1CNCCC. The van der Waals surface area contributed by atoms with E-state index >= 15 is 0 Å². The van der Waals surface area contributed by atoms with Gasteiger partial charge in [-0.3, -0.25) is 4.98 Å². The third-order valence-corrected chi connectivity index (χ3v) is 2.44. The van der Waals surface area contributed by atoms with Crippen LogP contribution in [-0.2, 0) is 6.54 Å². The first kappa shape index (κ1) is 12.7. The highest BCUT2D eigenvalue weighted by Gasteiger charge is 2.05. The van der Waals surface area contributed by atoms with Crippen molar-refractivity contribution >= 4 is 5.69 Å². The van der Waals surface area contributed by atoms with E-state index in [1.807, 2.05) is 18.5 Å². The predicted molar refractivity (Wildman–Crippen MR) is 69.7 cm³/mol. The molecule has 0 aliphatic carbocycles. The van der Waals surface area contributed by atoms with Crippen molar-refractivity contribution in [2.75, 3.05) is 25.0 Å². The second-order valence-electron chi connectivity index (χ2n) is 3.85. The maximum atomic E-state index is 4.17. The van der Waals surface area contributed by atoms with Crippen LogP contribution in [0.3, 0.4) is 0 Å². The first-order valence-corrected chi connectivity index (χ1v) is 5.75. The standard InChI is InChI=1S/C13H21N3/c1-4-7-14-10-12-6-8-15-11-13(12)16(3)9-5-2/h5-6,8,11,14H,2,4,7,9-10H2,1,3H3. The van der Waals surface area contributed by atoms with Crippen molar-refractivity contribution in [1.29, 1.82) is 0 Å². The average molecular weight is 219 g/mol. The molecule has 1 N–H and O–H groups in total. The molecule has 0 aromatic carbocycles. The number of anilines is 1. The molecule has 1 aromatic rings. The van der Waals surface area contributed by atoms with Crippen LogP contribution in [0.4, 0.5) is 5.69 Å². The second kappa shape index (κ2) is 7.01. The van der Waals surface area contributed by atoms with Crippen molar-refractivity contribution in [3.05, 3.63) is 36.7 Å². The van der Waals surface area contributed by atoms with Gasteiger partial charge in [0.15, 0.2) is 0 Å². The third-order valence-electron chi connectivity index (χ3n) is 2.44. The number of hydrogen-bond donors (Lipinski definition) is 1. The zero-order valence-electron chi connectivity index (χ0n) is 10.2. The molecule has 3 nitrogen and oxygen atoms in total. The molecular weight excluding hydrogens is 198 g/mol. The van der Waals surface area contributed by atoms with Gasteiger partial charge in [0.25, 0.3) is 0 Å². The Bertz CT molecular complexity index is 323. The van der Waals surface area contributed by atoms with Crippen LogP contribution in [-0.4, -0.2) is 25.1 Å². The fourth-order valence-corrected chi connectivity index (χ4v) is 1.60. The lowest BCUT2D eigenvalue weighted by Gasteiger charge is -2.20. The molecule has 0 fully saturated rings. The summed E-state index contributed by atoms with van der Waals surface area (Å²) < 4.78 is 0. The molecule has 0 unspecified atom stereocenters. The van der Waals surface area contributed by atoms with Crippen LogP contribution in [0.15, 0.2) is 31.1 Å². The highest BCUT2D eigenvalue weighted by atomic mass is 15.1. The Kier molecular flexibility index (Phi) is 5.57. The van der Waals surface area contributed by atoms with Crippen molar-refractivity contribution in [1.82, 2.24) is 10.3 Å². The van der Waals surface area contributed by atoms with E-state index in [2.05, 4.69) is 41.8 Å². The topological polar surface area (TPSA) is 28.2 Å². The smallest absolute Gasteiger partial charge is 0.0598 e. The summed E-state index contributed by atoms with van der Waals surface area (Å²) >= 11 is 0. The van der Waals surface area contributed by atoms with E-state index in [1.165, 1.54) is 11.3 Å². The van der Waals surface area contributed by atoms with Crippen LogP contribution < -0.4 is 10.2 Å². The van der Waals surface area contributed by atoms with Crippen molar-refractivity contribution in [2.24, 2.45) is 0 Å². The summed E-state index contributed by atoms with van der Waals surface area (Å²) in [6.07, 6.45) is 6.81. The fourth-order valence-electron chi connectivity index (χ4n) is 1.60. The Morgan fingerprint density at radius 3 is 3.06 bits per heavy atom. The lowest BCUT2D eigenvalue weighted by atomic mass is 10.2. The molecule has 0 atom stereocenters. The highest BCUT2D eigenvalue weighted by Crippen LogP contribution is 2.17. The molecule has 16 heavy (non-hydrogen) atoms. The molecule has 88 valence electrons. The number of hydrogen-bond acceptors (Lipinski definition) is 3. The molecule has 0 saturated heterocycles. The summed E-state index contributed by atoms with van der Waals surface area (Å²) in [5.41, 5.74) is 2.46. The summed E-state index contributed by atoms with van der Waals surface area (Å²) in [7, 11) is 2.06. The number of rotatable bonds is 7. The average Bonchev–Trinajstić information content (AvgIpc) is 2.30. The van der Waals surface area contributed by atoms with Gasteiger partial charge < -0.3 is 10.2 Å². The van der Waals surface area contributed by atoms with E-state index in [4.69, 9.17) is 0 Å². The van der Waals surface area contributed by atoms with Gasteiger partial charge in [-0.1, -0.05) is 13.0 Å². The van der Waals surface area contributed by atoms with E-state index in [-0.39, 0.29) is 0 Å². The van der Waals surface area contributed by atoms with E-state index in [9.17, 15) is 0 Å². The first-order valence-electron chi connectivity index (χ1n) is 5.75. The van der Waals surface area contributed by atoms with Gasteiger partial charge in [0, 0.05) is 26.3 Å². The molecule has 3 heteroatoms. The second-order valence-corrected chi connectivity index (χ2v) is 3.85. The predicted octanol–water partition coefficient (Wildman–Crippen LogP) is 2.20. The van der Waals surface area contributed by atoms with Crippen molar-refractivity contribution in [3.8, 4) is 0 Å². The monoisotopic (exact) mass is 219 g/mol. The van der Waals surface area contributed by atoms with Gasteiger partial charge in [0.05, 0.1) is 11.9 Å². The minimum atomic E-state index is 0.840. The van der Waals surface area contributed by atoms with Crippen LogP contribution in [0.25, 0.3) is 0 Å². The first-order chi connectivity index (χ1) is 7.79. The number of nitrogens with one attached hydrogen (secondary N) is 1. The van der Waals surface area contributed by atoms with Crippen molar-refractivity contribution in [3.63, 3.8) is 0 Å². The normalized spacial score (nSPS) is 10.1. The number of nitrogens with zero attached hydrogens (tertiary/aromatic N) is 2. The van der Waals surface area contributed by atoms with Crippen LogP contribution >= 0.6 is 0 Å². The molecule has 1 rings (SSSR count). The molecule has 0 radical (unpaired) electrons. The Balaban J connectivity index is 2.70. The van der Waals surface area contributed by atoms with Gasteiger partial charge >= 0.3 is 0 Å². The van der Waals surface area contributed by atoms with Gasteiger partial charge in [0.2, 0.25) is 0 Å².